The number of aryl methyl sites for hydroxylation is 1. The van der Waals surface area contributed by atoms with Crippen LogP contribution in [0.15, 0.2) is 71.6 Å². The Morgan fingerprint density at radius 1 is 1.00 bits per heavy atom. The lowest BCUT2D eigenvalue weighted by atomic mass is 10.1. The molecule has 0 bridgehead atoms. The SMILES string of the molecule is COc1ccc(C)cc1S(=O)(=O)N(CCc1ccccc1)CC(=O)Nc1c(F)cccc1F. The maximum atomic E-state index is 14.0. The summed E-state index contributed by atoms with van der Waals surface area (Å²) in [5.41, 5.74) is 0.931. The molecule has 3 rings (SSSR count). The van der Waals surface area contributed by atoms with E-state index in [4.69, 9.17) is 4.74 Å². The normalized spacial score (nSPS) is 11.4. The zero-order valence-corrected chi connectivity index (χ0v) is 19.0. The number of benzene rings is 3. The monoisotopic (exact) mass is 474 g/mol. The van der Waals surface area contributed by atoms with Crippen LogP contribution in [0.4, 0.5) is 14.5 Å². The molecule has 0 aliphatic heterocycles. The van der Waals surface area contributed by atoms with Crippen LogP contribution in [-0.4, -0.2) is 38.8 Å². The van der Waals surface area contributed by atoms with Crippen molar-refractivity contribution in [3.05, 3.63) is 89.5 Å². The Bertz CT molecular complexity index is 1210. The molecule has 174 valence electrons. The number of hydrogen-bond donors (Lipinski definition) is 1. The van der Waals surface area contributed by atoms with Crippen molar-refractivity contribution in [3.8, 4) is 5.75 Å². The van der Waals surface area contributed by atoms with E-state index in [0.29, 0.717) is 12.0 Å². The van der Waals surface area contributed by atoms with Crippen molar-refractivity contribution in [1.29, 1.82) is 0 Å². The van der Waals surface area contributed by atoms with Gasteiger partial charge in [0.25, 0.3) is 0 Å². The number of halogens is 2. The predicted octanol–water partition coefficient (Wildman–Crippen LogP) is 4.15. The van der Waals surface area contributed by atoms with Gasteiger partial charge in [-0.25, -0.2) is 17.2 Å². The van der Waals surface area contributed by atoms with Crippen LogP contribution in [0.5, 0.6) is 5.75 Å². The first-order chi connectivity index (χ1) is 15.7. The second-order valence-electron chi connectivity index (χ2n) is 7.37. The molecule has 3 aromatic rings. The van der Waals surface area contributed by atoms with E-state index in [1.807, 2.05) is 30.3 Å². The third kappa shape index (κ3) is 5.94. The fraction of sp³-hybridized carbons (Fsp3) is 0.208. The van der Waals surface area contributed by atoms with E-state index < -0.39 is 39.8 Å². The smallest absolute Gasteiger partial charge is 0.247 e. The van der Waals surface area contributed by atoms with Gasteiger partial charge in [-0.3, -0.25) is 4.79 Å². The van der Waals surface area contributed by atoms with Crippen molar-refractivity contribution in [2.45, 2.75) is 18.2 Å². The van der Waals surface area contributed by atoms with E-state index in [0.717, 1.165) is 22.0 Å². The van der Waals surface area contributed by atoms with E-state index in [9.17, 15) is 22.0 Å². The van der Waals surface area contributed by atoms with Gasteiger partial charge in [0.1, 0.15) is 28.0 Å². The molecule has 33 heavy (non-hydrogen) atoms. The van der Waals surface area contributed by atoms with Crippen LogP contribution in [-0.2, 0) is 21.2 Å². The van der Waals surface area contributed by atoms with Crippen LogP contribution < -0.4 is 10.1 Å². The minimum Gasteiger partial charge on any atom is -0.495 e. The Kier molecular flexibility index (Phi) is 7.78. The van der Waals surface area contributed by atoms with Crippen LogP contribution in [0.3, 0.4) is 0 Å². The summed E-state index contributed by atoms with van der Waals surface area (Å²) in [6, 6.07) is 17.0. The van der Waals surface area contributed by atoms with E-state index in [2.05, 4.69) is 5.32 Å². The second kappa shape index (κ2) is 10.5. The summed E-state index contributed by atoms with van der Waals surface area (Å²) in [6.07, 6.45) is 0.329. The first-order valence-electron chi connectivity index (χ1n) is 10.1. The number of rotatable bonds is 9. The number of carbonyl (C=O) groups excluding carboxylic acids is 1. The van der Waals surface area contributed by atoms with Crippen molar-refractivity contribution in [3.63, 3.8) is 0 Å². The van der Waals surface area contributed by atoms with Gasteiger partial charge in [-0.2, -0.15) is 4.31 Å². The number of methoxy groups -OCH3 is 1. The van der Waals surface area contributed by atoms with Gasteiger partial charge in [0.05, 0.1) is 13.7 Å². The molecule has 1 N–H and O–H groups in total. The van der Waals surface area contributed by atoms with E-state index in [-0.39, 0.29) is 17.2 Å². The standard InChI is InChI=1S/C24H24F2N2O4S/c1-17-11-12-21(32-2)22(15-17)33(30,31)28(14-13-18-7-4-3-5-8-18)16-23(29)27-24-19(25)9-6-10-20(24)26/h3-12,15H,13-14,16H2,1-2H3,(H,27,29). The fourth-order valence-electron chi connectivity index (χ4n) is 3.26. The molecule has 1 amide bonds. The highest BCUT2D eigenvalue weighted by atomic mass is 32.2. The number of anilines is 1. The lowest BCUT2D eigenvalue weighted by Gasteiger charge is -2.23. The third-order valence-corrected chi connectivity index (χ3v) is 6.84. The highest BCUT2D eigenvalue weighted by molar-refractivity contribution is 7.89. The number of para-hydroxylation sites is 1. The topological polar surface area (TPSA) is 75.7 Å². The van der Waals surface area contributed by atoms with Gasteiger partial charge in [0, 0.05) is 6.54 Å². The van der Waals surface area contributed by atoms with Crippen LogP contribution in [0.2, 0.25) is 0 Å². The molecule has 0 saturated carbocycles. The zero-order valence-electron chi connectivity index (χ0n) is 18.2. The third-order valence-electron chi connectivity index (χ3n) is 4.98. The highest BCUT2D eigenvalue weighted by Gasteiger charge is 2.30. The molecule has 0 heterocycles. The Hall–Kier alpha value is -3.30. The second-order valence-corrected chi connectivity index (χ2v) is 9.28. The molecule has 0 radical (unpaired) electrons. The number of ether oxygens (including phenoxy) is 1. The van der Waals surface area contributed by atoms with Gasteiger partial charge in [-0.15, -0.1) is 0 Å². The van der Waals surface area contributed by atoms with Gasteiger partial charge >= 0.3 is 0 Å². The Morgan fingerprint density at radius 3 is 2.30 bits per heavy atom. The fourth-order valence-corrected chi connectivity index (χ4v) is 4.90. The average molecular weight is 475 g/mol. The number of carbonyl (C=O) groups is 1. The van der Waals surface area contributed by atoms with Gasteiger partial charge in [0.2, 0.25) is 15.9 Å². The Labute approximate surface area is 191 Å². The van der Waals surface area contributed by atoms with Gasteiger partial charge < -0.3 is 10.1 Å². The molecule has 6 nitrogen and oxygen atoms in total. The lowest BCUT2D eigenvalue weighted by Crippen LogP contribution is -2.39. The lowest BCUT2D eigenvalue weighted by molar-refractivity contribution is -0.116. The van der Waals surface area contributed by atoms with Crippen molar-refractivity contribution in [2.75, 3.05) is 25.5 Å². The van der Waals surface area contributed by atoms with Gasteiger partial charge in [-0.05, 0) is 48.7 Å². The van der Waals surface area contributed by atoms with Crippen LogP contribution in [0, 0.1) is 18.6 Å². The summed E-state index contributed by atoms with van der Waals surface area (Å²) in [5, 5.41) is 2.14. The Balaban J connectivity index is 1.92. The number of nitrogens with zero attached hydrogens (tertiary/aromatic N) is 1. The maximum absolute atomic E-state index is 14.0. The molecule has 0 aliphatic rings. The molecular weight excluding hydrogens is 450 g/mol. The summed E-state index contributed by atoms with van der Waals surface area (Å²) in [5.74, 6) is -2.65. The molecule has 0 aromatic heterocycles. The molecule has 0 unspecified atom stereocenters. The van der Waals surface area contributed by atoms with Crippen molar-refractivity contribution in [2.24, 2.45) is 0 Å². The summed E-state index contributed by atoms with van der Waals surface area (Å²) < 4.78 is 61.2. The predicted molar refractivity (Wildman–Crippen MR) is 122 cm³/mol. The minimum absolute atomic E-state index is 0.0311. The van der Waals surface area contributed by atoms with E-state index in [1.54, 1.807) is 13.0 Å². The molecule has 0 atom stereocenters. The zero-order chi connectivity index (χ0) is 24.0. The number of nitrogens with one attached hydrogen (secondary N) is 1. The molecule has 0 aliphatic carbocycles. The number of hydrogen-bond acceptors (Lipinski definition) is 4. The summed E-state index contributed by atoms with van der Waals surface area (Å²) in [6.45, 7) is 1.07. The van der Waals surface area contributed by atoms with Gasteiger partial charge in [0.15, 0.2) is 0 Å². The minimum atomic E-state index is -4.18. The molecular formula is C24H24F2N2O4S. The largest absolute Gasteiger partial charge is 0.495 e. The van der Waals surface area contributed by atoms with Crippen LogP contribution in [0.25, 0.3) is 0 Å². The highest BCUT2D eigenvalue weighted by Crippen LogP contribution is 2.28. The van der Waals surface area contributed by atoms with Crippen LogP contribution in [0.1, 0.15) is 11.1 Å². The summed E-state index contributed by atoms with van der Waals surface area (Å²) >= 11 is 0. The first-order valence-corrected chi connectivity index (χ1v) is 11.6. The van der Waals surface area contributed by atoms with E-state index in [1.165, 1.54) is 25.3 Å². The number of amides is 1. The maximum Gasteiger partial charge on any atom is 0.247 e. The molecule has 0 fully saturated rings. The molecule has 3 aromatic carbocycles. The van der Waals surface area contributed by atoms with Crippen molar-refractivity contribution in [1.82, 2.24) is 4.31 Å². The summed E-state index contributed by atoms with van der Waals surface area (Å²) in [4.78, 5) is 12.6. The number of sulfonamides is 1. The quantitative estimate of drug-likeness (QED) is 0.506. The first kappa shape index (κ1) is 24.3. The molecule has 0 spiro atoms. The van der Waals surface area contributed by atoms with Crippen molar-refractivity contribution < 1.29 is 26.7 Å². The van der Waals surface area contributed by atoms with E-state index >= 15 is 0 Å². The van der Waals surface area contributed by atoms with Crippen LogP contribution >= 0.6 is 0 Å². The van der Waals surface area contributed by atoms with Crippen molar-refractivity contribution >= 4 is 21.6 Å². The molecule has 0 saturated heterocycles. The molecule has 9 heteroatoms. The Morgan fingerprint density at radius 2 is 1.67 bits per heavy atom. The van der Waals surface area contributed by atoms with Gasteiger partial charge in [-0.1, -0.05) is 42.5 Å². The summed E-state index contributed by atoms with van der Waals surface area (Å²) in [7, 11) is -2.83. The average Bonchev–Trinajstić information content (AvgIpc) is 2.79.